The number of hydrogen-bond acceptors (Lipinski definition) is 5. The van der Waals surface area contributed by atoms with E-state index in [0.29, 0.717) is 22.6 Å². The van der Waals surface area contributed by atoms with Crippen molar-refractivity contribution in [2.45, 2.75) is 17.3 Å². The number of carbonyl (C=O) groups is 1. The predicted octanol–water partition coefficient (Wildman–Crippen LogP) is 5.06. The standard InChI is InChI=1S/C18H13BrF3NO5S/c1-9-12-7-10(19)3-5-14(12)28-16(9)17(24)23-13-8-11(4-6-15(13)27-2)29(25,26)18(20,21)22/h3-8H,1-2H3,(H,23,24). The molecule has 29 heavy (non-hydrogen) atoms. The summed E-state index contributed by atoms with van der Waals surface area (Å²) in [5.74, 6) is -0.852. The Morgan fingerprint density at radius 3 is 2.48 bits per heavy atom. The van der Waals surface area contributed by atoms with Crippen LogP contribution in [0.15, 0.2) is 50.2 Å². The molecular formula is C18H13BrF3NO5S. The molecule has 1 N–H and O–H groups in total. The summed E-state index contributed by atoms with van der Waals surface area (Å²) in [5.41, 5.74) is -4.78. The molecule has 0 bridgehead atoms. The molecule has 0 aliphatic rings. The van der Waals surface area contributed by atoms with Crippen LogP contribution in [-0.4, -0.2) is 26.9 Å². The highest BCUT2D eigenvalue weighted by Gasteiger charge is 2.47. The molecular weight excluding hydrogens is 479 g/mol. The van der Waals surface area contributed by atoms with Gasteiger partial charge in [-0.25, -0.2) is 8.42 Å². The first-order chi connectivity index (χ1) is 13.5. The molecule has 3 rings (SSSR count). The number of benzene rings is 2. The van der Waals surface area contributed by atoms with Crippen molar-refractivity contribution in [1.29, 1.82) is 0 Å². The number of furan rings is 1. The number of rotatable bonds is 4. The van der Waals surface area contributed by atoms with Crippen molar-refractivity contribution >= 4 is 48.3 Å². The van der Waals surface area contributed by atoms with E-state index in [2.05, 4.69) is 21.2 Å². The molecule has 0 saturated carbocycles. The smallest absolute Gasteiger partial charge is 0.495 e. The van der Waals surface area contributed by atoms with Gasteiger partial charge in [-0.1, -0.05) is 15.9 Å². The number of hydrogen-bond donors (Lipinski definition) is 1. The number of fused-ring (bicyclic) bond motifs is 1. The van der Waals surface area contributed by atoms with Crippen LogP contribution in [0.5, 0.6) is 5.75 Å². The summed E-state index contributed by atoms with van der Waals surface area (Å²) in [6.07, 6.45) is 0. The second kappa shape index (κ2) is 7.38. The zero-order valence-electron chi connectivity index (χ0n) is 14.9. The molecule has 6 nitrogen and oxygen atoms in total. The van der Waals surface area contributed by atoms with Crippen LogP contribution in [0.3, 0.4) is 0 Å². The number of aryl methyl sites for hydroxylation is 1. The third kappa shape index (κ3) is 3.84. The Kier molecular flexibility index (Phi) is 5.39. The first-order valence-corrected chi connectivity index (χ1v) is 10.2. The molecule has 0 fully saturated rings. The highest BCUT2D eigenvalue weighted by molar-refractivity contribution is 9.10. The van der Waals surface area contributed by atoms with Gasteiger partial charge < -0.3 is 14.5 Å². The molecule has 0 aliphatic heterocycles. The summed E-state index contributed by atoms with van der Waals surface area (Å²) in [5, 5.41) is 3.03. The average molecular weight is 492 g/mol. The summed E-state index contributed by atoms with van der Waals surface area (Å²) in [6.45, 7) is 1.65. The number of ether oxygens (including phenoxy) is 1. The number of sulfone groups is 1. The molecule has 0 spiro atoms. The van der Waals surface area contributed by atoms with Gasteiger partial charge in [-0.05, 0) is 43.3 Å². The van der Waals surface area contributed by atoms with E-state index in [0.717, 1.165) is 16.6 Å². The molecule has 1 aromatic heterocycles. The zero-order valence-corrected chi connectivity index (χ0v) is 17.3. The van der Waals surface area contributed by atoms with Crippen LogP contribution in [0, 0.1) is 6.92 Å². The van der Waals surface area contributed by atoms with E-state index < -0.39 is 26.1 Å². The Balaban J connectivity index is 2.02. The van der Waals surface area contributed by atoms with E-state index in [4.69, 9.17) is 9.15 Å². The third-order valence-corrected chi connectivity index (χ3v) is 6.12. The first-order valence-electron chi connectivity index (χ1n) is 7.95. The monoisotopic (exact) mass is 491 g/mol. The summed E-state index contributed by atoms with van der Waals surface area (Å²) in [7, 11) is -4.36. The minimum Gasteiger partial charge on any atom is -0.495 e. The Hall–Kier alpha value is -2.53. The lowest BCUT2D eigenvalue weighted by atomic mass is 10.1. The number of alkyl halides is 3. The Labute approximate surface area is 171 Å². The molecule has 154 valence electrons. The van der Waals surface area contributed by atoms with Crippen LogP contribution >= 0.6 is 15.9 Å². The van der Waals surface area contributed by atoms with Gasteiger partial charge in [0.1, 0.15) is 11.3 Å². The van der Waals surface area contributed by atoms with Crippen LogP contribution in [0.1, 0.15) is 16.1 Å². The quantitative estimate of drug-likeness (QED) is 0.551. The molecule has 0 unspecified atom stereocenters. The lowest BCUT2D eigenvalue weighted by Gasteiger charge is -2.13. The van der Waals surface area contributed by atoms with Gasteiger partial charge >= 0.3 is 5.51 Å². The minimum atomic E-state index is -5.59. The van der Waals surface area contributed by atoms with Crippen LogP contribution in [0.25, 0.3) is 11.0 Å². The Bertz CT molecular complexity index is 1220. The molecule has 1 amide bonds. The minimum absolute atomic E-state index is 0.0176. The second-order valence-corrected chi connectivity index (χ2v) is 8.82. The fraction of sp³-hybridized carbons (Fsp3) is 0.167. The van der Waals surface area contributed by atoms with Gasteiger partial charge in [-0.15, -0.1) is 0 Å². The summed E-state index contributed by atoms with van der Waals surface area (Å²) >= 11 is 3.32. The van der Waals surface area contributed by atoms with E-state index in [1.54, 1.807) is 25.1 Å². The maximum absolute atomic E-state index is 12.8. The second-order valence-electron chi connectivity index (χ2n) is 5.96. The molecule has 0 aliphatic carbocycles. The number of amides is 1. The maximum atomic E-state index is 12.8. The van der Waals surface area contributed by atoms with E-state index in [-0.39, 0.29) is 17.2 Å². The summed E-state index contributed by atoms with van der Waals surface area (Å²) in [4.78, 5) is 11.6. The van der Waals surface area contributed by atoms with E-state index in [1.807, 2.05) is 0 Å². The number of halogens is 4. The average Bonchev–Trinajstić information content (AvgIpc) is 2.97. The molecule has 2 aromatic carbocycles. The molecule has 0 atom stereocenters. The molecule has 1 heterocycles. The van der Waals surface area contributed by atoms with Gasteiger partial charge in [0.15, 0.2) is 5.76 Å². The molecule has 0 radical (unpaired) electrons. The van der Waals surface area contributed by atoms with Crippen molar-refractivity contribution in [2.24, 2.45) is 0 Å². The predicted molar refractivity (Wildman–Crippen MR) is 103 cm³/mol. The zero-order chi connectivity index (χ0) is 21.6. The van der Waals surface area contributed by atoms with Gasteiger partial charge in [0.2, 0.25) is 0 Å². The first kappa shape index (κ1) is 21.2. The van der Waals surface area contributed by atoms with Gasteiger partial charge in [-0.3, -0.25) is 4.79 Å². The van der Waals surface area contributed by atoms with Gasteiger partial charge in [0.25, 0.3) is 15.7 Å². The highest BCUT2D eigenvalue weighted by atomic mass is 79.9. The van der Waals surface area contributed by atoms with Gasteiger partial charge in [0, 0.05) is 15.4 Å². The third-order valence-electron chi connectivity index (χ3n) is 4.14. The normalized spacial score (nSPS) is 12.2. The van der Waals surface area contributed by atoms with Crippen LogP contribution < -0.4 is 10.1 Å². The van der Waals surface area contributed by atoms with Gasteiger partial charge in [-0.2, -0.15) is 13.2 Å². The van der Waals surface area contributed by atoms with Crippen molar-refractivity contribution < 1.29 is 35.5 Å². The molecule has 0 saturated heterocycles. The van der Waals surface area contributed by atoms with Crippen LogP contribution in [-0.2, 0) is 9.84 Å². The fourth-order valence-electron chi connectivity index (χ4n) is 2.67. The lowest BCUT2D eigenvalue weighted by Crippen LogP contribution is -2.23. The van der Waals surface area contributed by atoms with Crippen molar-refractivity contribution in [3.05, 3.63) is 52.2 Å². The van der Waals surface area contributed by atoms with Crippen LogP contribution in [0.4, 0.5) is 18.9 Å². The number of anilines is 1. The van der Waals surface area contributed by atoms with E-state index in [9.17, 15) is 26.4 Å². The van der Waals surface area contributed by atoms with E-state index in [1.165, 1.54) is 7.11 Å². The summed E-state index contributed by atoms with van der Waals surface area (Å²) < 4.78 is 73.2. The van der Waals surface area contributed by atoms with Crippen molar-refractivity contribution in [1.82, 2.24) is 0 Å². The van der Waals surface area contributed by atoms with Crippen molar-refractivity contribution in [3.8, 4) is 5.75 Å². The highest BCUT2D eigenvalue weighted by Crippen LogP contribution is 2.35. The van der Waals surface area contributed by atoms with E-state index >= 15 is 0 Å². The Morgan fingerprint density at radius 1 is 1.17 bits per heavy atom. The molecule has 3 aromatic rings. The SMILES string of the molecule is COc1ccc(S(=O)(=O)C(F)(F)F)cc1NC(=O)c1oc2ccc(Br)cc2c1C. The Morgan fingerprint density at radius 2 is 1.86 bits per heavy atom. The van der Waals surface area contributed by atoms with Gasteiger partial charge in [0.05, 0.1) is 17.7 Å². The van der Waals surface area contributed by atoms with Crippen molar-refractivity contribution in [3.63, 3.8) is 0 Å². The maximum Gasteiger partial charge on any atom is 0.501 e. The molecule has 11 heteroatoms. The topological polar surface area (TPSA) is 85.6 Å². The largest absolute Gasteiger partial charge is 0.501 e. The number of methoxy groups -OCH3 is 1. The summed E-state index contributed by atoms with van der Waals surface area (Å²) in [6, 6.07) is 7.59. The fourth-order valence-corrected chi connectivity index (χ4v) is 3.82. The van der Waals surface area contributed by atoms with Crippen molar-refractivity contribution in [2.75, 3.05) is 12.4 Å². The van der Waals surface area contributed by atoms with Crippen LogP contribution in [0.2, 0.25) is 0 Å². The lowest BCUT2D eigenvalue weighted by molar-refractivity contribution is -0.0436. The number of carbonyl (C=O) groups excluding carboxylic acids is 1. The number of nitrogens with one attached hydrogen (secondary N) is 1.